The summed E-state index contributed by atoms with van der Waals surface area (Å²) in [5.41, 5.74) is 1.66. The Bertz CT molecular complexity index is 985. The number of hydrogen-bond donors (Lipinski definition) is 1. The molecular formula is C25H31N3O6. The number of anilines is 1. The molecule has 1 fully saturated rings. The topological polar surface area (TPSA) is 105 Å². The van der Waals surface area contributed by atoms with Crippen molar-refractivity contribution in [3.63, 3.8) is 0 Å². The van der Waals surface area contributed by atoms with E-state index in [0.29, 0.717) is 56.5 Å². The quantitative estimate of drug-likeness (QED) is 0.315. The minimum absolute atomic E-state index is 0.0345. The van der Waals surface area contributed by atoms with Crippen molar-refractivity contribution in [2.24, 2.45) is 0 Å². The van der Waals surface area contributed by atoms with Gasteiger partial charge in [0.05, 0.1) is 18.1 Å². The predicted molar refractivity (Wildman–Crippen MR) is 131 cm³/mol. The van der Waals surface area contributed by atoms with Gasteiger partial charge in [0.1, 0.15) is 0 Å². The largest absolute Gasteiger partial charge is 0.502 e. The van der Waals surface area contributed by atoms with E-state index in [2.05, 4.69) is 4.90 Å². The highest BCUT2D eigenvalue weighted by molar-refractivity contribution is 5.92. The second-order valence-electron chi connectivity index (χ2n) is 7.98. The molecule has 0 radical (unpaired) electrons. The molecule has 34 heavy (non-hydrogen) atoms. The number of phenols is 1. The van der Waals surface area contributed by atoms with Crippen molar-refractivity contribution in [2.75, 3.05) is 44.3 Å². The molecule has 0 bridgehead atoms. The number of benzene rings is 2. The summed E-state index contributed by atoms with van der Waals surface area (Å²) in [6, 6.07) is 9.84. The first kappa shape index (κ1) is 24.9. The van der Waals surface area contributed by atoms with Gasteiger partial charge >= 0.3 is 0 Å². The van der Waals surface area contributed by atoms with Crippen molar-refractivity contribution in [3.05, 3.63) is 58.2 Å². The number of nitro groups is 1. The van der Waals surface area contributed by atoms with Crippen molar-refractivity contribution in [1.29, 1.82) is 0 Å². The highest BCUT2D eigenvalue weighted by Crippen LogP contribution is 2.38. The Balaban J connectivity index is 1.63. The highest BCUT2D eigenvalue weighted by atomic mass is 16.6. The van der Waals surface area contributed by atoms with E-state index in [0.717, 1.165) is 18.5 Å². The van der Waals surface area contributed by atoms with Crippen LogP contribution in [0.25, 0.3) is 6.08 Å². The van der Waals surface area contributed by atoms with Crippen LogP contribution in [0, 0.1) is 10.1 Å². The Kier molecular flexibility index (Phi) is 8.73. The molecular weight excluding hydrogens is 438 g/mol. The molecule has 2 aromatic carbocycles. The minimum atomic E-state index is -0.418. The summed E-state index contributed by atoms with van der Waals surface area (Å²) >= 11 is 0. The van der Waals surface area contributed by atoms with Gasteiger partial charge < -0.3 is 24.4 Å². The molecule has 1 aliphatic heterocycles. The van der Waals surface area contributed by atoms with Crippen LogP contribution in [-0.4, -0.2) is 60.2 Å². The van der Waals surface area contributed by atoms with E-state index >= 15 is 0 Å². The average molecular weight is 470 g/mol. The summed E-state index contributed by atoms with van der Waals surface area (Å²) in [6.07, 6.45) is 4.81. The van der Waals surface area contributed by atoms with Gasteiger partial charge in [-0.2, -0.15) is 0 Å². The van der Waals surface area contributed by atoms with Crippen LogP contribution in [0.15, 0.2) is 42.5 Å². The third-order valence-electron chi connectivity index (χ3n) is 5.42. The van der Waals surface area contributed by atoms with Crippen LogP contribution in [0.2, 0.25) is 0 Å². The molecule has 0 atom stereocenters. The zero-order valence-corrected chi connectivity index (χ0v) is 19.6. The van der Waals surface area contributed by atoms with Gasteiger partial charge in [0.25, 0.3) is 5.69 Å². The van der Waals surface area contributed by atoms with Gasteiger partial charge in [-0.15, -0.1) is 0 Å². The maximum absolute atomic E-state index is 12.7. The van der Waals surface area contributed by atoms with Crippen LogP contribution in [0.1, 0.15) is 32.3 Å². The van der Waals surface area contributed by atoms with E-state index in [9.17, 15) is 20.0 Å². The Morgan fingerprint density at radius 2 is 1.59 bits per heavy atom. The first-order valence-electron chi connectivity index (χ1n) is 11.5. The molecule has 1 N–H and O–H groups in total. The van der Waals surface area contributed by atoms with Gasteiger partial charge in [-0.25, -0.2) is 0 Å². The SMILES string of the molecule is CCCOc1cc(C=CC(=O)N2CCN(c3ccc([N+](=O)[O-])cc3)CC2)cc(OCCC)c1O. The Labute approximate surface area is 199 Å². The lowest BCUT2D eigenvalue weighted by Gasteiger charge is -2.35. The van der Waals surface area contributed by atoms with Gasteiger partial charge in [0.2, 0.25) is 11.7 Å². The summed E-state index contributed by atoms with van der Waals surface area (Å²) in [6.45, 7) is 7.26. The number of aromatic hydroxyl groups is 1. The first-order valence-corrected chi connectivity index (χ1v) is 11.5. The van der Waals surface area contributed by atoms with Crippen molar-refractivity contribution in [1.82, 2.24) is 4.90 Å². The van der Waals surface area contributed by atoms with Crippen molar-refractivity contribution < 1.29 is 24.3 Å². The number of rotatable bonds is 10. The van der Waals surface area contributed by atoms with Crippen LogP contribution < -0.4 is 14.4 Å². The van der Waals surface area contributed by atoms with Crippen molar-refractivity contribution in [3.8, 4) is 17.2 Å². The Hall–Kier alpha value is -3.75. The number of hydrogen-bond acceptors (Lipinski definition) is 7. The zero-order valence-electron chi connectivity index (χ0n) is 19.6. The highest BCUT2D eigenvalue weighted by Gasteiger charge is 2.20. The summed E-state index contributed by atoms with van der Waals surface area (Å²) in [4.78, 5) is 27.0. The normalized spacial score (nSPS) is 13.8. The molecule has 3 rings (SSSR count). The molecule has 1 saturated heterocycles. The van der Waals surface area contributed by atoms with Crippen LogP contribution in [0.4, 0.5) is 11.4 Å². The lowest BCUT2D eigenvalue weighted by Crippen LogP contribution is -2.48. The van der Waals surface area contributed by atoms with Crippen LogP contribution in [-0.2, 0) is 4.79 Å². The second kappa shape index (κ2) is 11.9. The Morgan fingerprint density at radius 1 is 1.03 bits per heavy atom. The van der Waals surface area contributed by atoms with Crippen molar-refractivity contribution >= 4 is 23.4 Å². The van der Waals surface area contributed by atoms with Gasteiger partial charge in [0.15, 0.2) is 11.5 Å². The summed E-state index contributed by atoms with van der Waals surface area (Å²) in [5.74, 6) is 0.523. The molecule has 1 amide bonds. The zero-order chi connectivity index (χ0) is 24.5. The third-order valence-corrected chi connectivity index (χ3v) is 5.42. The maximum Gasteiger partial charge on any atom is 0.269 e. The molecule has 9 nitrogen and oxygen atoms in total. The number of nitrogens with zero attached hydrogens (tertiary/aromatic N) is 3. The first-order chi connectivity index (χ1) is 16.4. The van der Waals surface area contributed by atoms with Gasteiger partial charge in [-0.1, -0.05) is 13.8 Å². The maximum atomic E-state index is 12.7. The number of carbonyl (C=O) groups is 1. The lowest BCUT2D eigenvalue weighted by molar-refractivity contribution is -0.384. The molecule has 0 aliphatic carbocycles. The standard InChI is InChI=1S/C25H31N3O6/c1-3-15-33-22-17-19(18-23(25(22)30)34-16-4-2)5-10-24(29)27-13-11-26(12-14-27)20-6-8-21(9-7-20)28(31)32/h5-10,17-18,30H,3-4,11-16H2,1-2H3. The summed E-state index contributed by atoms with van der Waals surface area (Å²) in [5, 5.41) is 21.3. The average Bonchev–Trinajstić information content (AvgIpc) is 2.86. The third kappa shape index (κ3) is 6.40. The van der Waals surface area contributed by atoms with Gasteiger partial charge in [-0.05, 0) is 48.7 Å². The molecule has 182 valence electrons. The Morgan fingerprint density at radius 3 is 2.09 bits per heavy atom. The number of non-ortho nitro benzene ring substituents is 1. The summed E-state index contributed by atoms with van der Waals surface area (Å²) in [7, 11) is 0. The smallest absolute Gasteiger partial charge is 0.269 e. The van der Waals surface area contributed by atoms with E-state index in [1.807, 2.05) is 13.8 Å². The molecule has 1 heterocycles. The van der Waals surface area contributed by atoms with E-state index < -0.39 is 4.92 Å². The number of piperazine rings is 1. The molecule has 0 unspecified atom stereocenters. The van der Waals surface area contributed by atoms with Crippen LogP contribution in [0.5, 0.6) is 17.2 Å². The fourth-order valence-corrected chi connectivity index (χ4v) is 3.59. The molecule has 2 aromatic rings. The van der Waals surface area contributed by atoms with E-state index in [4.69, 9.17) is 9.47 Å². The second-order valence-corrected chi connectivity index (χ2v) is 7.98. The molecule has 1 aliphatic rings. The molecule has 0 spiro atoms. The van der Waals surface area contributed by atoms with E-state index in [1.54, 1.807) is 35.2 Å². The number of carbonyl (C=O) groups excluding carboxylic acids is 1. The van der Waals surface area contributed by atoms with Crippen molar-refractivity contribution in [2.45, 2.75) is 26.7 Å². The number of amides is 1. The lowest BCUT2D eigenvalue weighted by atomic mass is 10.1. The fourth-order valence-electron chi connectivity index (χ4n) is 3.59. The minimum Gasteiger partial charge on any atom is -0.502 e. The van der Waals surface area contributed by atoms with Crippen LogP contribution >= 0.6 is 0 Å². The predicted octanol–water partition coefficient (Wildman–Crippen LogP) is 4.24. The van der Waals surface area contributed by atoms with Gasteiger partial charge in [0, 0.05) is 50.1 Å². The summed E-state index contributed by atoms with van der Waals surface area (Å²) < 4.78 is 11.3. The fraction of sp³-hybridized carbons (Fsp3) is 0.400. The number of nitro benzene ring substituents is 1. The molecule has 9 heteroatoms. The van der Waals surface area contributed by atoms with E-state index in [1.165, 1.54) is 18.2 Å². The van der Waals surface area contributed by atoms with E-state index in [-0.39, 0.29) is 17.3 Å². The molecule has 0 aromatic heterocycles. The van der Waals surface area contributed by atoms with Crippen LogP contribution in [0.3, 0.4) is 0 Å². The number of ether oxygens (including phenoxy) is 2. The monoisotopic (exact) mass is 469 g/mol. The number of phenolic OH excluding ortho intramolecular Hbond substituents is 1. The molecule has 0 saturated carbocycles. The van der Waals surface area contributed by atoms with Gasteiger partial charge in [-0.3, -0.25) is 14.9 Å².